The highest BCUT2D eigenvalue weighted by Gasteiger charge is 2.57. The lowest BCUT2D eigenvalue weighted by molar-refractivity contribution is -0.320. The molecule has 0 saturated carbocycles. The molecule has 0 aromatic carbocycles. The average Bonchev–Trinajstić information content (AvgIpc) is 3.54. The van der Waals surface area contributed by atoms with Crippen LogP contribution in [-0.4, -0.2) is 144 Å². The number of aliphatic hydroxyl groups excluding tert-OH is 2. The Balaban J connectivity index is 1.68. The van der Waals surface area contributed by atoms with Crippen molar-refractivity contribution in [2.45, 2.75) is 173 Å². The first-order valence-electron chi connectivity index (χ1n) is 22.6. The fourth-order valence-electron chi connectivity index (χ4n) is 10.7. The molecule has 5 heterocycles. The number of aromatic nitrogens is 1. The monoisotopic (exact) mass is 873 g/mol. The predicted molar refractivity (Wildman–Crippen MR) is 234 cm³/mol. The van der Waals surface area contributed by atoms with Crippen LogP contribution >= 0.6 is 0 Å². The van der Waals surface area contributed by atoms with Crippen LogP contribution in [0.15, 0.2) is 42.8 Å². The predicted octanol–water partition coefficient (Wildman–Crippen LogP) is 5.77. The topological polar surface area (TPSA) is 165 Å². The number of methoxy groups -OCH3 is 1. The molecule has 4 aliphatic heterocycles. The first kappa shape index (κ1) is 50.4. The van der Waals surface area contributed by atoms with Gasteiger partial charge in [-0.2, -0.15) is 0 Å². The molecule has 0 bridgehead atoms. The summed E-state index contributed by atoms with van der Waals surface area (Å²) < 4.78 is 52.6. The Morgan fingerprint density at radius 3 is 2.34 bits per heavy atom. The zero-order valence-electron chi connectivity index (χ0n) is 39.4. The van der Waals surface area contributed by atoms with Crippen LogP contribution in [0.2, 0.25) is 0 Å². The van der Waals surface area contributed by atoms with Crippen molar-refractivity contribution in [1.29, 1.82) is 0 Å². The van der Waals surface area contributed by atoms with Crippen molar-refractivity contribution in [1.82, 2.24) is 9.88 Å². The first-order valence-corrected chi connectivity index (χ1v) is 22.6. The van der Waals surface area contributed by atoms with Gasteiger partial charge in [-0.15, -0.1) is 0 Å². The number of ketones is 1. The van der Waals surface area contributed by atoms with Crippen molar-refractivity contribution < 1.29 is 57.7 Å². The van der Waals surface area contributed by atoms with Crippen molar-refractivity contribution >= 4 is 17.8 Å². The molecule has 2 N–H and O–H groups in total. The average molecular weight is 873 g/mol. The van der Waals surface area contributed by atoms with Gasteiger partial charge >= 0.3 is 5.97 Å². The van der Waals surface area contributed by atoms with Gasteiger partial charge in [0, 0.05) is 55.6 Å². The summed E-state index contributed by atoms with van der Waals surface area (Å²) >= 11 is 0. The number of esters is 1. The molecule has 1 aromatic heterocycles. The Hall–Kier alpha value is -2.63. The Bertz CT molecular complexity index is 1700. The maximum Gasteiger partial charge on any atom is 0.311 e. The molecule has 0 spiro atoms. The second kappa shape index (κ2) is 20.7. The lowest BCUT2D eigenvalue weighted by Gasteiger charge is -2.50. The number of fused-ring (bicyclic) bond motifs is 1. The van der Waals surface area contributed by atoms with Gasteiger partial charge in [-0.1, -0.05) is 52.5 Å². The molecule has 62 heavy (non-hydrogen) atoms. The van der Waals surface area contributed by atoms with Gasteiger partial charge in [-0.05, 0) is 92.1 Å². The standard InChI is InChI=1S/C48H76N2O12/c1-15-36-48(11)38(28(3)26-57-48)30(5)39(51)27(2)23-47(10,56-21-17-19-34-18-16-20-49-25-34)43(62-45-40(52)35(50(12)13)22-29(4)58-45)31(6)41(32(7)44(54)60-36)61-37-24-46(9,55-14)42(53)33(8)59-37/h16-20,25,27,29-33,35-38,40-43,45,52-53H,3,15,21-24,26H2,1-2,4-14H3/b19-17+/t27-,29-,30?,31+,32-,33+,35+,36-,37?,38+,40-,41+,42+,43-,45+,46-,47-,48-/m1/s1. The van der Waals surface area contributed by atoms with Gasteiger partial charge in [0.25, 0.3) is 0 Å². The number of hydrogen-bond acceptors (Lipinski definition) is 14. The number of carbonyl (C=O) groups is 2. The molecule has 2 unspecified atom stereocenters. The normalized spacial score (nSPS) is 44.0. The number of ether oxygens (including phenoxy) is 8. The van der Waals surface area contributed by atoms with Gasteiger partial charge in [0.2, 0.25) is 0 Å². The van der Waals surface area contributed by atoms with Gasteiger partial charge in [0.05, 0.1) is 54.7 Å². The van der Waals surface area contributed by atoms with Gasteiger partial charge in [-0.25, -0.2) is 0 Å². The van der Waals surface area contributed by atoms with Gasteiger partial charge in [0.15, 0.2) is 12.6 Å². The van der Waals surface area contributed by atoms with E-state index in [-0.39, 0.29) is 44.0 Å². The zero-order chi connectivity index (χ0) is 45.9. The number of aliphatic hydroxyl groups is 2. The molecule has 14 nitrogen and oxygen atoms in total. The van der Waals surface area contributed by atoms with E-state index in [1.165, 1.54) is 7.11 Å². The van der Waals surface area contributed by atoms with E-state index in [4.69, 9.17) is 37.9 Å². The number of rotatable bonds is 11. The van der Waals surface area contributed by atoms with Crippen LogP contribution in [0.5, 0.6) is 0 Å². The lowest BCUT2D eigenvalue weighted by atomic mass is 9.69. The fraction of sp³-hybridized carbons (Fsp3) is 0.771. The highest BCUT2D eigenvalue weighted by molar-refractivity contribution is 5.84. The summed E-state index contributed by atoms with van der Waals surface area (Å²) in [5.41, 5.74) is -1.66. The SMILES string of the molecule is C=C1CO[C@]2(C)[C@@H](CC)OC(=O)[C@H](C)[C@@H](OC3C[C@@](C)(OC)[C@@H](O)[C@H](C)O3)[C@H](C)[C@@H](O[C@@H]3O[C@H](C)C[C@H](N(C)C)[C@H]3O)[C@](C)(OC/C=C/c3cccnc3)C[C@@H](C)C(=O)C(C)[C@H]12. The number of likely N-dealkylation sites (N-methyl/N-ethyl adjacent to an activating group) is 1. The summed E-state index contributed by atoms with van der Waals surface area (Å²) in [6.07, 6.45) is 1.01. The minimum Gasteiger partial charge on any atom is -0.459 e. The quantitative estimate of drug-likeness (QED) is 0.204. The Morgan fingerprint density at radius 2 is 1.71 bits per heavy atom. The molecule has 0 amide bonds. The van der Waals surface area contributed by atoms with Crippen LogP contribution in [0, 0.1) is 29.6 Å². The summed E-state index contributed by atoms with van der Waals surface area (Å²) in [6.45, 7) is 23.5. The number of cyclic esters (lactones) is 1. The van der Waals surface area contributed by atoms with Crippen LogP contribution in [0.1, 0.15) is 100 Å². The Kier molecular flexibility index (Phi) is 16.8. The molecule has 18 atom stereocenters. The summed E-state index contributed by atoms with van der Waals surface area (Å²) in [5.74, 6) is -3.72. The van der Waals surface area contributed by atoms with E-state index < -0.39 is 102 Å². The molecule has 0 radical (unpaired) electrons. The number of nitrogens with zero attached hydrogens (tertiary/aromatic N) is 2. The molecule has 4 fully saturated rings. The summed E-state index contributed by atoms with van der Waals surface area (Å²) in [4.78, 5) is 35.8. The van der Waals surface area contributed by atoms with Crippen LogP contribution in [0.25, 0.3) is 6.08 Å². The van der Waals surface area contributed by atoms with Crippen LogP contribution in [-0.2, 0) is 47.5 Å². The molecule has 0 aliphatic carbocycles. The highest BCUT2D eigenvalue weighted by Crippen LogP contribution is 2.47. The van der Waals surface area contributed by atoms with E-state index >= 15 is 0 Å². The van der Waals surface area contributed by atoms with Crippen molar-refractivity contribution in [3.05, 3.63) is 48.3 Å². The van der Waals surface area contributed by atoms with Gasteiger partial charge < -0.3 is 53.0 Å². The molecular formula is C48H76N2O12. The number of Topliss-reactive ketones (excluding diaryl/α,β-unsaturated/α-hetero) is 1. The van der Waals surface area contributed by atoms with Crippen molar-refractivity contribution in [2.24, 2.45) is 29.6 Å². The maximum absolute atomic E-state index is 14.9. The third-order valence-electron chi connectivity index (χ3n) is 14.3. The molecule has 4 saturated heterocycles. The molecule has 14 heteroatoms. The number of carbonyl (C=O) groups excluding carboxylic acids is 2. The minimum absolute atomic E-state index is 0.0170. The van der Waals surface area contributed by atoms with E-state index in [1.807, 2.05) is 91.7 Å². The smallest absolute Gasteiger partial charge is 0.311 e. The summed E-state index contributed by atoms with van der Waals surface area (Å²) in [5, 5.41) is 23.0. The van der Waals surface area contributed by atoms with Gasteiger partial charge in [-0.3, -0.25) is 14.6 Å². The van der Waals surface area contributed by atoms with Crippen LogP contribution in [0.4, 0.5) is 0 Å². The Morgan fingerprint density at radius 1 is 1.00 bits per heavy atom. The van der Waals surface area contributed by atoms with Crippen molar-refractivity contribution in [3.8, 4) is 0 Å². The van der Waals surface area contributed by atoms with Crippen LogP contribution in [0.3, 0.4) is 0 Å². The van der Waals surface area contributed by atoms with Crippen molar-refractivity contribution in [2.75, 3.05) is 34.4 Å². The fourth-order valence-corrected chi connectivity index (χ4v) is 10.7. The molecule has 4 aliphatic rings. The second-order valence-electron chi connectivity index (χ2n) is 19.4. The molecule has 350 valence electrons. The number of hydrogen-bond donors (Lipinski definition) is 2. The largest absolute Gasteiger partial charge is 0.459 e. The minimum atomic E-state index is -1.27. The maximum atomic E-state index is 14.9. The summed E-state index contributed by atoms with van der Waals surface area (Å²) in [7, 11) is 5.36. The summed E-state index contributed by atoms with van der Waals surface area (Å²) in [6, 6.07) is 3.51. The van der Waals surface area contributed by atoms with E-state index in [1.54, 1.807) is 33.2 Å². The molecule has 1 aromatic rings. The van der Waals surface area contributed by atoms with E-state index in [0.29, 0.717) is 12.8 Å². The molecule has 5 rings (SSSR count). The lowest BCUT2D eigenvalue weighted by Crippen LogP contribution is -2.61. The Labute approximate surface area is 370 Å². The zero-order valence-corrected chi connectivity index (χ0v) is 39.4. The third-order valence-corrected chi connectivity index (χ3v) is 14.3. The number of pyridine rings is 1. The highest BCUT2D eigenvalue weighted by atomic mass is 16.7. The molecular weight excluding hydrogens is 797 g/mol. The van der Waals surface area contributed by atoms with Gasteiger partial charge in [0.1, 0.15) is 29.7 Å². The first-order chi connectivity index (χ1) is 29.1. The van der Waals surface area contributed by atoms with Crippen molar-refractivity contribution in [3.63, 3.8) is 0 Å². The second-order valence-corrected chi connectivity index (χ2v) is 19.4. The van der Waals surface area contributed by atoms with Crippen LogP contribution < -0.4 is 0 Å². The van der Waals surface area contributed by atoms with E-state index in [2.05, 4.69) is 11.6 Å². The van der Waals surface area contributed by atoms with E-state index in [9.17, 15) is 19.8 Å². The third kappa shape index (κ3) is 10.7. The van der Waals surface area contributed by atoms with E-state index in [0.717, 1.165) is 11.1 Å².